The van der Waals surface area contributed by atoms with Gasteiger partial charge in [0.05, 0.1) is 10.6 Å². The van der Waals surface area contributed by atoms with Gasteiger partial charge >= 0.3 is 0 Å². The summed E-state index contributed by atoms with van der Waals surface area (Å²) < 4.78 is 29.0. The Hall–Kier alpha value is -3.07. The highest BCUT2D eigenvalue weighted by molar-refractivity contribution is 7.92. The second kappa shape index (κ2) is 13.5. The van der Waals surface area contributed by atoms with E-state index in [9.17, 15) is 18.0 Å². The number of sulfonamides is 1. The highest BCUT2D eigenvalue weighted by Gasteiger charge is 2.34. The number of benzene rings is 3. The van der Waals surface area contributed by atoms with Crippen LogP contribution in [0, 0.1) is 6.92 Å². The van der Waals surface area contributed by atoms with Crippen LogP contribution in [0.4, 0.5) is 5.69 Å². The average Bonchev–Trinajstić information content (AvgIpc) is 2.93. The lowest BCUT2D eigenvalue weighted by Gasteiger charge is -2.33. The highest BCUT2D eigenvalue weighted by atomic mass is 35.5. The number of likely N-dealkylation sites (N-methyl/N-ethyl adjacent to an activating group) is 1. The molecule has 214 valence electrons. The Balaban J connectivity index is 2.11. The number of hydrogen-bond acceptors (Lipinski definition) is 4. The Labute approximate surface area is 247 Å². The molecule has 0 aliphatic rings. The largest absolute Gasteiger partial charge is 0.357 e. The molecular weight excluding hydrogens is 569 g/mol. The summed E-state index contributed by atoms with van der Waals surface area (Å²) in [5.74, 6) is -0.713. The van der Waals surface area contributed by atoms with Crippen molar-refractivity contribution in [3.05, 3.63) is 93.5 Å². The topological polar surface area (TPSA) is 86.8 Å². The molecule has 10 heteroatoms. The summed E-state index contributed by atoms with van der Waals surface area (Å²) in [4.78, 5) is 28.3. The predicted octanol–water partition coefficient (Wildman–Crippen LogP) is 6.17. The van der Waals surface area contributed by atoms with E-state index in [1.807, 2.05) is 32.9 Å². The molecular formula is C30H35Cl2N3O4S. The molecule has 0 saturated carbocycles. The van der Waals surface area contributed by atoms with Gasteiger partial charge in [0, 0.05) is 29.2 Å². The Morgan fingerprint density at radius 3 is 2.00 bits per heavy atom. The van der Waals surface area contributed by atoms with Gasteiger partial charge in [0.15, 0.2) is 0 Å². The smallest absolute Gasteiger partial charge is 0.264 e. The third-order valence-electron chi connectivity index (χ3n) is 6.76. The van der Waals surface area contributed by atoms with Crippen molar-refractivity contribution in [3.63, 3.8) is 0 Å². The molecule has 3 aromatic rings. The number of anilines is 1. The van der Waals surface area contributed by atoms with E-state index in [0.717, 1.165) is 15.4 Å². The third kappa shape index (κ3) is 7.16. The van der Waals surface area contributed by atoms with Crippen molar-refractivity contribution >= 4 is 50.7 Å². The van der Waals surface area contributed by atoms with Crippen LogP contribution >= 0.6 is 23.2 Å². The van der Waals surface area contributed by atoms with E-state index < -0.39 is 28.5 Å². The van der Waals surface area contributed by atoms with Gasteiger partial charge < -0.3 is 10.2 Å². The quantitative estimate of drug-likeness (QED) is 0.284. The average molecular weight is 605 g/mol. The number of hydrogen-bond donors (Lipinski definition) is 1. The first-order chi connectivity index (χ1) is 18.9. The SMILES string of the molecule is CCC(C(=O)NC)N(Cc1c(Cl)cccc1Cl)C(=O)CN(c1ccc(C(C)C)cc1)S(=O)(=O)c1ccc(C)cc1. The number of nitrogens with one attached hydrogen (secondary N) is 1. The van der Waals surface area contributed by atoms with Crippen LogP contribution in [0.1, 0.15) is 49.8 Å². The summed E-state index contributed by atoms with van der Waals surface area (Å²) in [6, 6.07) is 17.7. The van der Waals surface area contributed by atoms with E-state index in [2.05, 4.69) is 5.32 Å². The monoisotopic (exact) mass is 603 g/mol. The minimum atomic E-state index is -4.15. The normalized spacial score (nSPS) is 12.2. The molecule has 0 radical (unpaired) electrons. The second-order valence-electron chi connectivity index (χ2n) is 9.83. The Morgan fingerprint density at radius 1 is 0.925 bits per heavy atom. The summed E-state index contributed by atoms with van der Waals surface area (Å²) >= 11 is 12.8. The zero-order chi connectivity index (χ0) is 29.6. The van der Waals surface area contributed by atoms with Crippen LogP contribution < -0.4 is 9.62 Å². The Morgan fingerprint density at radius 2 is 1.50 bits per heavy atom. The molecule has 0 heterocycles. The molecule has 7 nitrogen and oxygen atoms in total. The van der Waals surface area contributed by atoms with Gasteiger partial charge in [0.2, 0.25) is 11.8 Å². The van der Waals surface area contributed by atoms with Gasteiger partial charge in [-0.05, 0) is 61.2 Å². The molecule has 2 amide bonds. The molecule has 40 heavy (non-hydrogen) atoms. The summed E-state index contributed by atoms with van der Waals surface area (Å²) in [5.41, 5.74) is 2.74. The lowest BCUT2D eigenvalue weighted by molar-refractivity contribution is -0.140. The molecule has 0 fully saturated rings. The summed E-state index contributed by atoms with van der Waals surface area (Å²) in [6.07, 6.45) is 0.293. The fourth-order valence-electron chi connectivity index (χ4n) is 4.33. The molecule has 0 spiro atoms. The Kier molecular flexibility index (Phi) is 10.6. The van der Waals surface area contributed by atoms with Crippen LogP contribution in [0.3, 0.4) is 0 Å². The lowest BCUT2D eigenvalue weighted by atomic mass is 10.0. The number of nitrogens with zero attached hydrogens (tertiary/aromatic N) is 2. The fraction of sp³-hybridized carbons (Fsp3) is 0.333. The lowest BCUT2D eigenvalue weighted by Crippen LogP contribution is -2.51. The van der Waals surface area contributed by atoms with Crippen molar-refractivity contribution < 1.29 is 18.0 Å². The summed E-state index contributed by atoms with van der Waals surface area (Å²) in [5, 5.41) is 3.28. The maximum absolute atomic E-state index is 14.0. The van der Waals surface area contributed by atoms with Crippen LogP contribution in [-0.4, -0.2) is 44.8 Å². The highest BCUT2D eigenvalue weighted by Crippen LogP contribution is 2.29. The van der Waals surface area contributed by atoms with Crippen molar-refractivity contribution in [2.24, 2.45) is 0 Å². The molecule has 0 bridgehead atoms. The van der Waals surface area contributed by atoms with Crippen LogP contribution in [-0.2, 0) is 26.2 Å². The molecule has 1 unspecified atom stereocenters. The molecule has 1 atom stereocenters. The maximum atomic E-state index is 14.0. The van der Waals surface area contributed by atoms with E-state index in [1.165, 1.54) is 24.1 Å². The van der Waals surface area contributed by atoms with Gasteiger partial charge in [-0.2, -0.15) is 0 Å². The molecule has 0 aromatic heterocycles. The van der Waals surface area contributed by atoms with E-state index in [-0.39, 0.29) is 23.3 Å². The van der Waals surface area contributed by atoms with Crippen LogP contribution in [0.15, 0.2) is 71.6 Å². The van der Waals surface area contributed by atoms with Crippen molar-refractivity contribution in [2.75, 3.05) is 17.9 Å². The zero-order valence-corrected chi connectivity index (χ0v) is 25.6. The van der Waals surface area contributed by atoms with Crippen molar-refractivity contribution in [3.8, 4) is 0 Å². The zero-order valence-electron chi connectivity index (χ0n) is 23.3. The van der Waals surface area contributed by atoms with Gasteiger partial charge in [0.25, 0.3) is 10.0 Å². The van der Waals surface area contributed by atoms with E-state index in [0.29, 0.717) is 27.7 Å². The fourth-order valence-corrected chi connectivity index (χ4v) is 6.26. The predicted molar refractivity (Wildman–Crippen MR) is 161 cm³/mol. The minimum absolute atomic E-state index is 0.0536. The van der Waals surface area contributed by atoms with E-state index in [1.54, 1.807) is 49.4 Å². The molecule has 3 rings (SSSR count). The molecule has 0 saturated heterocycles. The summed E-state index contributed by atoms with van der Waals surface area (Å²) in [7, 11) is -2.66. The third-order valence-corrected chi connectivity index (χ3v) is 9.25. The van der Waals surface area contributed by atoms with Crippen LogP contribution in [0.25, 0.3) is 0 Å². The molecule has 0 aliphatic heterocycles. The number of halogens is 2. The maximum Gasteiger partial charge on any atom is 0.264 e. The molecule has 1 N–H and O–H groups in total. The Bertz CT molecular complexity index is 1420. The van der Waals surface area contributed by atoms with Crippen molar-refractivity contribution in [2.45, 2.75) is 57.5 Å². The standard InChI is InChI=1S/C30H35Cl2N3O4S/c1-6-28(30(37)33-5)34(18-25-26(31)8-7-9-27(25)32)29(36)19-35(23-14-12-22(13-15-23)20(2)3)40(38,39)24-16-10-21(4)11-17-24/h7-17,20,28H,6,18-19H2,1-5H3,(H,33,37). The van der Waals surface area contributed by atoms with Gasteiger partial charge in [-0.1, -0.05) is 79.9 Å². The number of aryl methyl sites for hydroxylation is 1. The minimum Gasteiger partial charge on any atom is -0.357 e. The first kappa shape index (κ1) is 31.5. The number of carbonyl (C=O) groups excluding carboxylic acids is 2. The van der Waals surface area contributed by atoms with Gasteiger partial charge in [-0.25, -0.2) is 8.42 Å². The first-order valence-electron chi connectivity index (χ1n) is 13.0. The van der Waals surface area contributed by atoms with E-state index in [4.69, 9.17) is 23.2 Å². The van der Waals surface area contributed by atoms with Gasteiger partial charge in [-0.15, -0.1) is 0 Å². The second-order valence-corrected chi connectivity index (χ2v) is 12.5. The van der Waals surface area contributed by atoms with Crippen molar-refractivity contribution in [1.82, 2.24) is 10.2 Å². The molecule has 3 aromatic carbocycles. The summed E-state index contributed by atoms with van der Waals surface area (Å²) in [6.45, 7) is 7.12. The van der Waals surface area contributed by atoms with Crippen LogP contribution in [0.2, 0.25) is 10.0 Å². The number of carbonyl (C=O) groups is 2. The first-order valence-corrected chi connectivity index (χ1v) is 15.2. The van der Waals surface area contributed by atoms with Crippen molar-refractivity contribution in [1.29, 1.82) is 0 Å². The van der Waals surface area contributed by atoms with E-state index >= 15 is 0 Å². The van der Waals surface area contributed by atoms with Gasteiger partial charge in [0.1, 0.15) is 12.6 Å². The number of amides is 2. The van der Waals surface area contributed by atoms with Crippen LogP contribution in [0.5, 0.6) is 0 Å². The molecule has 0 aliphatic carbocycles. The van der Waals surface area contributed by atoms with Gasteiger partial charge in [-0.3, -0.25) is 13.9 Å². The number of rotatable bonds is 11.